The molecular formula is C21H22N2O. The van der Waals surface area contributed by atoms with E-state index in [-0.39, 0.29) is 6.04 Å². The molecule has 0 saturated carbocycles. The normalized spacial score (nSPS) is 12.0. The molecule has 0 fully saturated rings. The van der Waals surface area contributed by atoms with Gasteiger partial charge in [-0.15, -0.1) is 0 Å². The van der Waals surface area contributed by atoms with Gasteiger partial charge in [0, 0.05) is 6.20 Å². The van der Waals surface area contributed by atoms with Crippen molar-refractivity contribution < 1.29 is 4.74 Å². The molecule has 1 unspecified atom stereocenters. The zero-order chi connectivity index (χ0) is 16.8. The predicted molar refractivity (Wildman–Crippen MR) is 98.4 cm³/mol. The highest BCUT2D eigenvalue weighted by Gasteiger charge is 2.16. The topological polar surface area (TPSA) is 34.2 Å². The van der Waals surface area contributed by atoms with Crippen LogP contribution in [0.15, 0.2) is 79.0 Å². The van der Waals surface area contributed by atoms with Crippen molar-refractivity contribution in [3.63, 3.8) is 0 Å². The average Bonchev–Trinajstić information content (AvgIpc) is 2.61. The molecule has 3 heteroatoms. The average molecular weight is 318 g/mol. The third kappa shape index (κ3) is 4.13. The van der Waals surface area contributed by atoms with E-state index in [0.717, 1.165) is 17.3 Å². The van der Waals surface area contributed by atoms with Gasteiger partial charge in [0.2, 0.25) is 0 Å². The van der Waals surface area contributed by atoms with Crippen molar-refractivity contribution in [3.05, 3.63) is 84.6 Å². The van der Waals surface area contributed by atoms with E-state index in [1.54, 1.807) is 6.20 Å². The molecule has 1 atom stereocenters. The minimum atomic E-state index is 0.166. The maximum Gasteiger partial charge on any atom is 0.127 e. The summed E-state index contributed by atoms with van der Waals surface area (Å²) in [5.41, 5.74) is 1.18. The highest BCUT2D eigenvalue weighted by atomic mass is 16.5. The van der Waals surface area contributed by atoms with Gasteiger partial charge >= 0.3 is 0 Å². The fourth-order valence-electron chi connectivity index (χ4n) is 2.64. The summed E-state index contributed by atoms with van der Waals surface area (Å²) in [7, 11) is 0. The monoisotopic (exact) mass is 318 g/mol. The summed E-state index contributed by atoms with van der Waals surface area (Å²) < 4.78 is 5.96. The van der Waals surface area contributed by atoms with Crippen LogP contribution < -0.4 is 10.1 Å². The number of nitrogens with one attached hydrogen (secondary N) is 1. The van der Waals surface area contributed by atoms with Crippen molar-refractivity contribution in [1.82, 2.24) is 4.98 Å². The molecule has 0 radical (unpaired) electrons. The van der Waals surface area contributed by atoms with E-state index in [9.17, 15) is 0 Å². The first-order valence-corrected chi connectivity index (χ1v) is 8.23. The number of ether oxygens (including phenoxy) is 1. The predicted octanol–water partition coefficient (Wildman–Crippen LogP) is 5.68. The molecule has 3 rings (SSSR count). The summed E-state index contributed by atoms with van der Waals surface area (Å²) in [5.74, 6) is 2.98. The van der Waals surface area contributed by atoms with Gasteiger partial charge in [0.25, 0.3) is 0 Å². The van der Waals surface area contributed by atoms with Gasteiger partial charge in [0.1, 0.15) is 17.3 Å². The number of pyridine rings is 1. The van der Waals surface area contributed by atoms with Crippen LogP contribution >= 0.6 is 0 Å². The third-order valence-corrected chi connectivity index (χ3v) is 3.83. The Kier molecular flexibility index (Phi) is 5.12. The van der Waals surface area contributed by atoms with Gasteiger partial charge in [-0.1, -0.05) is 50.2 Å². The molecular weight excluding hydrogens is 296 g/mol. The molecule has 0 aliphatic rings. The van der Waals surface area contributed by atoms with Gasteiger partial charge in [-0.05, 0) is 47.9 Å². The molecule has 0 saturated heterocycles. The van der Waals surface area contributed by atoms with E-state index in [1.165, 1.54) is 5.56 Å². The molecule has 1 N–H and O–H groups in total. The van der Waals surface area contributed by atoms with E-state index in [4.69, 9.17) is 4.74 Å². The molecule has 0 aliphatic carbocycles. The number of rotatable bonds is 6. The Morgan fingerprint density at radius 2 is 1.58 bits per heavy atom. The smallest absolute Gasteiger partial charge is 0.127 e. The van der Waals surface area contributed by atoms with Crippen LogP contribution in [0, 0.1) is 5.92 Å². The van der Waals surface area contributed by atoms with Crippen LogP contribution in [0.3, 0.4) is 0 Å². The fraction of sp³-hybridized carbons (Fsp3) is 0.190. The van der Waals surface area contributed by atoms with Crippen LogP contribution in [0.4, 0.5) is 5.82 Å². The number of para-hydroxylation sites is 1. The van der Waals surface area contributed by atoms with Crippen molar-refractivity contribution in [1.29, 1.82) is 0 Å². The second-order valence-electron chi connectivity index (χ2n) is 6.07. The third-order valence-electron chi connectivity index (χ3n) is 3.83. The van der Waals surface area contributed by atoms with E-state index in [0.29, 0.717) is 5.92 Å². The van der Waals surface area contributed by atoms with Gasteiger partial charge < -0.3 is 10.1 Å². The number of anilines is 1. The Balaban J connectivity index is 1.82. The van der Waals surface area contributed by atoms with Crippen LogP contribution in [-0.2, 0) is 0 Å². The zero-order valence-corrected chi connectivity index (χ0v) is 14.0. The molecule has 0 amide bonds. The summed E-state index contributed by atoms with van der Waals surface area (Å²) in [4.78, 5) is 4.37. The Hall–Kier alpha value is -2.81. The second-order valence-corrected chi connectivity index (χ2v) is 6.07. The Morgan fingerprint density at radius 3 is 2.29 bits per heavy atom. The second kappa shape index (κ2) is 7.64. The number of aromatic nitrogens is 1. The lowest BCUT2D eigenvalue weighted by molar-refractivity contribution is 0.478. The summed E-state index contributed by atoms with van der Waals surface area (Å²) in [5, 5.41) is 3.52. The Bertz CT molecular complexity index is 757. The molecule has 122 valence electrons. The molecule has 24 heavy (non-hydrogen) atoms. The van der Waals surface area contributed by atoms with E-state index < -0.39 is 0 Å². The maximum atomic E-state index is 5.96. The molecule has 3 nitrogen and oxygen atoms in total. The van der Waals surface area contributed by atoms with Gasteiger partial charge in [0.15, 0.2) is 0 Å². The molecule has 0 aliphatic heterocycles. The summed E-state index contributed by atoms with van der Waals surface area (Å²) in [6.45, 7) is 4.40. The highest BCUT2D eigenvalue weighted by molar-refractivity contribution is 5.41. The van der Waals surface area contributed by atoms with Crippen molar-refractivity contribution in [3.8, 4) is 11.5 Å². The largest absolute Gasteiger partial charge is 0.457 e. The molecule has 0 spiro atoms. The fourth-order valence-corrected chi connectivity index (χ4v) is 2.64. The first-order chi connectivity index (χ1) is 11.7. The van der Waals surface area contributed by atoms with Crippen molar-refractivity contribution in [2.45, 2.75) is 19.9 Å². The first-order valence-electron chi connectivity index (χ1n) is 8.23. The number of nitrogens with zero attached hydrogens (tertiary/aromatic N) is 1. The van der Waals surface area contributed by atoms with E-state index >= 15 is 0 Å². The number of hydrogen-bond acceptors (Lipinski definition) is 3. The lowest BCUT2D eigenvalue weighted by atomic mass is 9.96. The van der Waals surface area contributed by atoms with Crippen LogP contribution in [-0.4, -0.2) is 4.98 Å². The lowest BCUT2D eigenvalue weighted by Crippen LogP contribution is -2.17. The van der Waals surface area contributed by atoms with Gasteiger partial charge in [0.05, 0.1) is 6.04 Å². The summed E-state index contributed by atoms with van der Waals surface area (Å²) in [6, 6.07) is 24.1. The minimum absolute atomic E-state index is 0.166. The molecule has 0 bridgehead atoms. The molecule has 1 heterocycles. The Morgan fingerprint density at radius 1 is 0.833 bits per heavy atom. The SMILES string of the molecule is CC(C)C(Nc1ccccn1)c1cccc(Oc2ccccc2)c1. The van der Waals surface area contributed by atoms with Crippen molar-refractivity contribution >= 4 is 5.82 Å². The van der Waals surface area contributed by atoms with E-state index in [2.05, 4.69) is 36.3 Å². The number of hydrogen-bond donors (Lipinski definition) is 1. The van der Waals surface area contributed by atoms with Gasteiger partial charge in [-0.2, -0.15) is 0 Å². The van der Waals surface area contributed by atoms with Crippen molar-refractivity contribution in [2.75, 3.05) is 5.32 Å². The molecule has 2 aromatic carbocycles. The Labute approximate surface area is 143 Å². The molecule has 1 aromatic heterocycles. The summed E-state index contributed by atoms with van der Waals surface area (Å²) in [6.07, 6.45) is 1.80. The first kappa shape index (κ1) is 16.1. The lowest BCUT2D eigenvalue weighted by Gasteiger charge is -2.24. The van der Waals surface area contributed by atoms with Crippen LogP contribution in [0.2, 0.25) is 0 Å². The number of benzene rings is 2. The van der Waals surface area contributed by atoms with Crippen molar-refractivity contribution in [2.24, 2.45) is 5.92 Å². The summed E-state index contributed by atoms with van der Waals surface area (Å²) >= 11 is 0. The van der Waals surface area contributed by atoms with E-state index in [1.807, 2.05) is 60.7 Å². The minimum Gasteiger partial charge on any atom is -0.457 e. The van der Waals surface area contributed by atoms with Gasteiger partial charge in [-0.25, -0.2) is 4.98 Å². The molecule has 3 aromatic rings. The maximum absolute atomic E-state index is 5.96. The van der Waals surface area contributed by atoms with Crippen LogP contribution in [0.25, 0.3) is 0 Å². The highest BCUT2D eigenvalue weighted by Crippen LogP contribution is 2.30. The quantitative estimate of drug-likeness (QED) is 0.634. The van der Waals surface area contributed by atoms with Crippen LogP contribution in [0.1, 0.15) is 25.5 Å². The van der Waals surface area contributed by atoms with Gasteiger partial charge in [-0.3, -0.25) is 0 Å². The standard InChI is InChI=1S/C21H22N2O/c1-16(2)21(23-20-13-6-7-14-22-20)17-9-8-12-19(15-17)24-18-10-4-3-5-11-18/h3-16,21H,1-2H3,(H,22,23). The zero-order valence-electron chi connectivity index (χ0n) is 14.0. The van der Waals surface area contributed by atoms with Crippen LogP contribution in [0.5, 0.6) is 11.5 Å².